The second-order valence-electron chi connectivity index (χ2n) is 0.903. The van der Waals surface area contributed by atoms with Gasteiger partial charge in [0.15, 0.2) is 6.79 Å². The number of rotatable bonds is 2. The minimum absolute atomic E-state index is 0.704. The van der Waals surface area contributed by atoms with Gasteiger partial charge in [0.2, 0.25) is 0 Å². The maximum Gasteiger partial charge on any atom is 0.337 e. The molecule has 7 heavy (non-hydrogen) atoms. The molecule has 0 aromatic rings. The molecule has 0 spiro atoms. The van der Waals surface area contributed by atoms with Crippen molar-refractivity contribution >= 4 is 7.67 Å². The highest BCUT2D eigenvalue weighted by molar-refractivity contribution is 7.53. The summed E-state index contributed by atoms with van der Waals surface area (Å²) in [6, 6.07) is 0. The average molecular weight is 126 g/mol. The fourth-order valence-corrected chi connectivity index (χ4v) is 0.271. The van der Waals surface area contributed by atoms with Crippen LogP contribution in [0.25, 0.3) is 0 Å². The molecule has 0 amide bonds. The molecule has 5 N–H and O–H groups in total. The fraction of sp³-hybridized carbons (Fsp3) is 1.00. The standard InChI is InChI=1S/CH7N2O3P/c2-7(3,5)6-1-4/h4H,1H2,(H4,2,3,5). The number of aliphatic hydroxyl groups excluding tert-OH is 1. The van der Waals surface area contributed by atoms with Crippen LogP contribution in [0.4, 0.5) is 0 Å². The summed E-state index contributed by atoms with van der Waals surface area (Å²) in [5.41, 5.74) is 9.19. The van der Waals surface area contributed by atoms with Gasteiger partial charge < -0.3 is 5.11 Å². The molecule has 0 aliphatic carbocycles. The van der Waals surface area contributed by atoms with Gasteiger partial charge in [0.05, 0.1) is 0 Å². The Kier molecular flexibility index (Phi) is 2.42. The minimum Gasteiger partial charge on any atom is -0.370 e. The van der Waals surface area contributed by atoms with Gasteiger partial charge in [-0.2, -0.15) is 0 Å². The minimum atomic E-state index is -3.42. The molecule has 0 atom stereocenters. The zero-order chi connectivity index (χ0) is 5.91. The molecule has 0 aromatic carbocycles. The molecule has 5 nitrogen and oxygen atoms in total. The third-order valence-electron chi connectivity index (χ3n) is 0.260. The monoisotopic (exact) mass is 126 g/mol. The first-order valence-corrected chi connectivity index (χ1v) is 3.25. The molecule has 0 saturated carbocycles. The summed E-state index contributed by atoms with van der Waals surface area (Å²) in [5, 5.41) is 7.85. The SMILES string of the molecule is NP(N)(=O)OCO. The van der Waals surface area contributed by atoms with Gasteiger partial charge in [0.1, 0.15) is 0 Å². The van der Waals surface area contributed by atoms with E-state index in [9.17, 15) is 4.57 Å². The lowest BCUT2D eigenvalue weighted by atomic mass is 11.6. The van der Waals surface area contributed by atoms with Gasteiger partial charge >= 0.3 is 7.67 Å². The topological polar surface area (TPSA) is 98.6 Å². The quantitative estimate of drug-likeness (QED) is 0.325. The largest absolute Gasteiger partial charge is 0.370 e. The molecule has 6 heteroatoms. The van der Waals surface area contributed by atoms with Crippen molar-refractivity contribution < 1.29 is 14.2 Å². The molecule has 0 saturated heterocycles. The molecular formula is CH7N2O3P. The van der Waals surface area contributed by atoms with E-state index in [-0.39, 0.29) is 0 Å². The zero-order valence-electron chi connectivity index (χ0n) is 3.57. The van der Waals surface area contributed by atoms with Gasteiger partial charge in [-0.3, -0.25) is 9.09 Å². The van der Waals surface area contributed by atoms with Crippen molar-refractivity contribution in [2.75, 3.05) is 6.79 Å². The molecule has 0 bridgehead atoms. The Morgan fingerprint density at radius 1 is 1.71 bits per heavy atom. The van der Waals surface area contributed by atoms with Gasteiger partial charge in [-0.05, 0) is 0 Å². The molecule has 0 aromatic heterocycles. The van der Waals surface area contributed by atoms with Crippen LogP contribution in [0.1, 0.15) is 0 Å². The third-order valence-corrected chi connectivity index (χ3v) is 0.779. The number of hydrogen-bond donors (Lipinski definition) is 3. The van der Waals surface area contributed by atoms with Crippen LogP contribution in [0.2, 0.25) is 0 Å². The highest BCUT2D eigenvalue weighted by Gasteiger charge is 2.04. The van der Waals surface area contributed by atoms with Gasteiger partial charge in [-0.25, -0.2) is 11.0 Å². The maximum absolute atomic E-state index is 9.99. The Balaban J connectivity index is 3.36. The second kappa shape index (κ2) is 2.40. The van der Waals surface area contributed by atoms with Gasteiger partial charge in [-0.15, -0.1) is 0 Å². The van der Waals surface area contributed by atoms with Crippen LogP contribution in [0.3, 0.4) is 0 Å². The first-order chi connectivity index (χ1) is 3.06. The fourth-order valence-electron chi connectivity index (χ4n) is 0.0902. The van der Waals surface area contributed by atoms with Crippen molar-refractivity contribution in [2.45, 2.75) is 0 Å². The highest BCUT2D eigenvalue weighted by atomic mass is 31.2. The Morgan fingerprint density at radius 3 is 2.14 bits per heavy atom. The molecule has 0 aliphatic heterocycles. The van der Waals surface area contributed by atoms with E-state index >= 15 is 0 Å². The van der Waals surface area contributed by atoms with Crippen LogP contribution in [0, 0.1) is 0 Å². The van der Waals surface area contributed by atoms with Crippen molar-refractivity contribution in [3.05, 3.63) is 0 Å². The van der Waals surface area contributed by atoms with Gasteiger partial charge in [0.25, 0.3) is 0 Å². The van der Waals surface area contributed by atoms with Crippen molar-refractivity contribution in [3.63, 3.8) is 0 Å². The van der Waals surface area contributed by atoms with Crippen LogP contribution < -0.4 is 11.0 Å². The highest BCUT2D eigenvalue weighted by Crippen LogP contribution is 2.24. The van der Waals surface area contributed by atoms with E-state index in [0.29, 0.717) is 0 Å². The Hall–Kier alpha value is 0.0700. The Labute approximate surface area is 40.8 Å². The van der Waals surface area contributed by atoms with Crippen molar-refractivity contribution in [3.8, 4) is 0 Å². The predicted molar refractivity (Wildman–Crippen MR) is 24.2 cm³/mol. The van der Waals surface area contributed by atoms with E-state index < -0.39 is 14.5 Å². The van der Waals surface area contributed by atoms with Crippen molar-refractivity contribution in [1.82, 2.24) is 0 Å². The molecular weight excluding hydrogens is 119 g/mol. The first kappa shape index (κ1) is 7.07. The molecule has 0 heterocycles. The van der Waals surface area contributed by atoms with Crippen molar-refractivity contribution in [1.29, 1.82) is 0 Å². The summed E-state index contributed by atoms with van der Waals surface area (Å²) in [5.74, 6) is 0. The van der Waals surface area contributed by atoms with Crippen LogP contribution in [0.15, 0.2) is 0 Å². The number of nitrogens with two attached hydrogens (primary N) is 2. The van der Waals surface area contributed by atoms with Crippen LogP contribution in [0.5, 0.6) is 0 Å². The summed E-state index contributed by atoms with van der Waals surface area (Å²) in [6.45, 7) is -0.704. The van der Waals surface area contributed by atoms with E-state index in [2.05, 4.69) is 15.5 Å². The van der Waals surface area contributed by atoms with Gasteiger partial charge in [0, 0.05) is 0 Å². The van der Waals surface area contributed by atoms with E-state index in [1.165, 1.54) is 0 Å². The van der Waals surface area contributed by atoms with Crippen LogP contribution >= 0.6 is 7.67 Å². The molecule has 0 fully saturated rings. The van der Waals surface area contributed by atoms with E-state index in [4.69, 9.17) is 5.11 Å². The molecule has 0 unspecified atom stereocenters. The Morgan fingerprint density at radius 2 is 2.14 bits per heavy atom. The third kappa shape index (κ3) is 6.07. The average Bonchev–Trinajstić information content (AvgIpc) is 1.30. The Bertz CT molecular complexity index is 86.9. The normalized spacial score (nSPS) is 11.9. The lowest BCUT2D eigenvalue weighted by Gasteiger charge is -2.01. The summed E-state index contributed by atoms with van der Waals surface area (Å²) in [6.07, 6.45) is 0. The predicted octanol–water partition coefficient (Wildman–Crippen LogP) is -1.02. The van der Waals surface area contributed by atoms with Gasteiger partial charge in [-0.1, -0.05) is 0 Å². The summed E-state index contributed by atoms with van der Waals surface area (Å²) >= 11 is 0. The number of aliphatic hydroxyl groups is 1. The lowest BCUT2D eigenvalue weighted by Crippen LogP contribution is -2.08. The summed E-state index contributed by atoms with van der Waals surface area (Å²) < 4.78 is 13.9. The van der Waals surface area contributed by atoms with E-state index in [1.807, 2.05) is 0 Å². The molecule has 0 radical (unpaired) electrons. The number of hydrogen-bond acceptors (Lipinski definition) is 3. The molecule has 44 valence electrons. The summed E-state index contributed by atoms with van der Waals surface area (Å²) in [4.78, 5) is 0. The molecule has 0 rings (SSSR count). The van der Waals surface area contributed by atoms with Crippen LogP contribution in [-0.4, -0.2) is 11.9 Å². The first-order valence-electron chi connectivity index (χ1n) is 1.49. The zero-order valence-corrected chi connectivity index (χ0v) is 4.47. The summed E-state index contributed by atoms with van der Waals surface area (Å²) in [7, 11) is -3.42. The second-order valence-corrected chi connectivity index (χ2v) is 2.45. The van der Waals surface area contributed by atoms with Crippen molar-refractivity contribution in [2.24, 2.45) is 11.0 Å². The van der Waals surface area contributed by atoms with E-state index in [0.717, 1.165) is 0 Å². The van der Waals surface area contributed by atoms with E-state index in [1.54, 1.807) is 0 Å². The van der Waals surface area contributed by atoms with Crippen LogP contribution in [-0.2, 0) is 9.09 Å². The smallest absolute Gasteiger partial charge is 0.337 e. The maximum atomic E-state index is 9.99. The molecule has 0 aliphatic rings. The lowest BCUT2D eigenvalue weighted by molar-refractivity contribution is 0.101.